The van der Waals surface area contributed by atoms with E-state index in [-0.39, 0.29) is 24.1 Å². The van der Waals surface area contributed by atoms with Crippen LogP contribution in [-0.4, -0.2) is 36.0 Å². The number of methoxy groups -OCH3 is 1. The third-order valence-corrected chi connectivity index (χ3v) is 5.54. The van der Waals surface area contributed by atoms with Crippen LogP contribution >= 0.6 is 0 Å². The molecule has 0 saturated carbocycles. The Morgan fingerprint density at radius 1 is 1.37 bits per heavy atom. The van der Waals surface area contributed by atoms with E-state index in [0.717, 1.165) is 18.4 Å². The first kappa shape index (κ1) is 21.7. The summed E-state index contributed by atoms with van der Waals surface area (Å²) in [6.45, 7) is 0.584. The van der Waals surface area contributed by atoms with Gasteiger partial charge in [0, 0.05) is 43.4 Å². The van der Waals surface area contributed by atoms with Gasteiger partial charge in [-0.25, -0.2) is 4.39 Å². The zero-order valence-electron chi connectivity index (χ0n) is 17.2. The van der Waals surface area contributed by atoms with E-state index in [1.807, 2.05) is 18.3 Å². The first-order valence-electron chi connectivity index (χ1n) is 10.3. The summed E-state index contributed by atoms with van der Waals surface area (Å²) < 4.78 is 19.5. The van der Waals surface area contributed by atoms with Crippen molar-refractivity contribution in [1.82, 2.24) is 15.6 Å². The van der Waals surface area contributed by atoms with Gasteiger partial charge in [0.25, 0.3) is 0 Å². The van der Waals surface area contributed by atoms with E-state index < -0.39 is 5.54 Å². The molecule has 1 atom stereocenters. The van der Waals surface area contributed by atoms with Crippen LogP contribution in [0.25, 0.3) is 0 Å². The Hall–Kier alpha value is -2.96. The van der Waals surface area contributed by atoms with Crippen molar-refractivity contribution in [2.75, 3.05) is 13.7 Å². The summed E-state index contributed by atoms with van der Waals surface area (Å²) in [5, 5.41) is 5.92. The monoisotopic (exact) mass is 413 g/mol. The molecule has 2 aromatic rings. The largest absolute Gasteiger partial charge is 0.497 e. The maximum absolute atomic E-state index is 14.4. The van der Waals surface area contributed by atoms with Crippen LogP contribution in [0.1, 0.15) is 43.2 Å². The summed E-state index contributed by atoms with van der Waals surface area (Å²) in [5.41, 5.74) is 1.05. The van der Waals surface area contributed by atoms with Gasteiger partial charge in [0.1, 0.15) is 11.6 Å². The van der Waals surface area contributed by atoms with Crippen LogP contribution in [0.2, 0.25) is 0 Å². The third-order valence-electron chi connectivity index (χ3n) is 5.54. The zero-order chi connectivity index (χ0) is 21.4. The highest BCUT2D eigenvalue weighted by Crippen LogP contribution is 2.31. The van der Waals surface area contributed by atoms with Crippen LogP contribution < -0.4 is 15.4 Å². The second kappa shape index (κ2) is 10.2. The fraction of sp³-hybridized carbons (Fsp3) is 0.435. The van der Waals surface area contributed by atoms with Crippen molar-refractivity contribution in [3.63, 3.8) is 0 Å². The summed E-state index contributed by atoms with van der Waals surface area (Å²) in [7, 11) is 1.49. The Bertz CT molecular complexity index is 875. The lowest BCUT2D eigenvalue weighted by Crippen LogP contribution is -2.44. The fourth-order valence-corrected chi connectivity index (χ4v) is 3.85. The number of aromatic nitrogens is 1. The van der Waals surface area contributed by atoms with Crippen molar-refractivity contribution >= 4 is 11.8 Å². The number of nitrogens with one attached hydrogen (secondary N) is 2. The van der Waals surface area contributed by atoms with Gasteiger partial charge in [-0.3, -0.25) is 14.6 Å². The van der Waals surface area contributed by atoms with E-state index in [1.165, 1.54) is 13.2 Å². The molecule has 30 heavy (non-hydrogen) atoms. The Kier molecular flexibility index (Phi) is 7.38. The smallest absolute Gasteiger partial charge is 0.220 e. The molecular weight excluding hydrogens is 385 g/mol. The van der Waals surface area contributed by atoms with Gasteiger partial charge in [0.05, 0.1) is 7.11 Å². The lowest BCUT2D eigenvalue weighted by molar-refractivity contribution is -0.122. The van der Waals surface area contributed by atoms with E-state index in [2.05, 4.69) is 15.6 Å². The number of amides is 2. The molecular formula is C23H28FN3O3. The first-order valence-corrected chi connectivity index (χ1v) is 10.3. The Morgan fingerprint density at radius 2 is 2.23 bits per heavy atom. The Labute approximate surface area is 176 Å². The predicted molar refractivity (Wildman–Crippen MR) is 112 cm³/mol. The van der Waals surface area contributed by atoms with Crippen molar-refractivity contribution < 1.29 is 18.7 Å². The Morgan fingerprint density at radius 3 is 2.90 bits per heavy atom. The summed E-state index contributed by atoms with van der Waals surface area (Å²) in [5.74, 6) is -0.0288. The van der Waals surface area contributed by atoms with E-state index in [0.29, 0.717) is 43.5 Å². The molecule has 1 saturated heterocycles. The number of pyridine rings is 1. The van der Waals surface area contributed by atoms with Crippen LogP contribution in [-0.2, 0) is 22.4 Å². The number of hydrogen-bond acceptors (Lipinski definition) is 4. The average molecular weight is 413 g/mol. The molecule has 0 spiro atoms. The van der Waals surface area contributed by atoms with Gasteiger partial charge in [-0.2, -0.15) is 0 Å². The second-order valence-electron chi connectivity index (χ2n) is 7.78. The number of rotatable bonds is 10. The van der Waals surface area contributed by atoms with Crippen molar-refractivity contribution in [3.8, 4) is 5.75 Å². The molecule has 0 bridgehead atoms. The molecule has 1 aliphatic rings. The number of aryl methyl sites for hydroxylation is 1. The SMILES string of the molecule is COc1ccc(C[C@@]2(CCC(=O)NCCCc3cccnc3)CCC(=O)N2)c(F)c1. The second-order valence-corrected chi connectivity index (χ2v) is 7.78. The van der Waals surface area contributed by atoms with Crippen molar-refractivity contribution in [3.05, 3.63) is 59.7 Å². The standard InChI is InChI=1S/C23H28FN3O3/c1-30-19-7-6-18(20(24)14-19)15-23(11-9-22(29)27-23)10-8-21(28)26-13-3-5-17-4-2-12-25-16-17/h2,4,6-7,12,14,16H,3,5,8-11,13,15H2,1H3,(H,26,28)(H,27,29)/t23-/m1/s1. The fourth-order valence-electron chi connectivity index (χ4n) is 3.85. The van der Waals surface area contributed by atoms with Crippen molar-refractivity contribution in [2.45, 2.75) is 50.5 Å². The molecule has 1 aromatic carbocycles. The molecule has 1 aromatic heterocycles. The summed E-state index contributed by atoms with van der Waals surface area (Å²) >= 11 is 0. The number of carbonyl (C=O) groups excluding carboxylic acids is 2. The topological polar surface area (TPSA) is 80.3 Å². The van der Waals surface area contributed by atoms with Gasteiger partial charge in [0.15, 0.2) is 0 Å². The first-order chi connectivity index (χ1) is 14.5. The maximum Gasteiger partial charge on any atom is 0.220 e. The van der Waals surface area contributed by atoms with Gasteiger partial charge in [0.2, 0.25) is 11.8 Å². The molecule has 1 aliphatic heterocycles. The normalized spacial score (nSPS) is 18.1. The highest BCUT2D eigenvalue weighted by atomic mass is 19.1. The third kappa shape index (κ3) is 6.02. The summed E-state index contributed by atoms with van der Waals surface area (Å²) in [6, 6.07) is 8.64. The number of halogens is 1. The highest BCUT2D eigenvalue weighted by Gasteiger charge is 2.38. The van der Waals surface area contributed by atoms with Crippen LogP contribution in [0.15, 0.2) is 42.7 Å². The lowest BCUT2D eigenvalue weighted by Gasteiger charge is -2.29. The minimum absolute atomic E-state index is 0.0548. The Balaban J connectivity index is 1.51. The lowest BCUT2D eigenvalue weighted by atomic mass is 9.84. The number of hydrogen-bond donors (Lipinski definition) is 2. The van der Waals surface area contributed by atoms with E-state index >= 15 is 0 Å². The quantitative estimate of drug-likeness (QED) is 0.587. The summed E-state index contributed by atoms with van der Waals surface area (Å²) in [4.78, 5) is 28.3. The minimum Gasteiger partial charge on any atom is -0.497 e. The molecule has 2 amide bonds. The maximum atomic E-state index is 14.4. The molecule has 0 radical (unpaired) electrons. The molecule has 0 unspecified atom stereocenters. The van der Waals surface area contributed by atoms with Crippen LogP contribution in [0, 0.1) is 5.82 Å². The van der Waals surface area contributed by atoms with Crippen LogP contribution in [0.5, 0.6) is 5.75 Å². The molecule has 7 heteroatoms. The number of carbonyl (C=O) groups is 2. The molecule has 2 heterocycles. The molecule has 160 valence electrons. The summed E-state index contributed by atoms with van der Waals surface area (Å²) in [6.07, 6.45) is 7.33. The van der Waals surface area contributed by atoms with Crippen molar-refractivity contribution in [1.29, 1.82) is 0 Å². The molecule has 6 nitrogen and oxygen atoms in total. The van der Waals surface area contributed by atoms with Gasteiger partial charge in [-0.05, 0) is 55.4 Å². The number of ether oxygens (including phenoxy) is 1. The van der Waals surface area contributed by atoms with Gasteiger partial charge in [-0.1, -0.05) is 12.1 Å². The molecule has 3 rings (SSSR count). The van der Waals surface area contributed by atoms with Gasteiger partial charge in [-0.15, -0.1) is 0 Å². The van der Waals surface area contributed by atoms with E-state index in [4.69, 9.17) is 4.74 Å². The van der Waals surface area contributed by atoms with E-state index in [1.54, 1.807) is 18.3 Å². The van der Waals surface area contributed by atoms with Gasteiger partial charge >= 0.3 is 0 Å². The van der Waals surface area contributed by atoms with Gasteiger partial charge < -0.3 is 15.4 Å². The van der Waals surface area contributed by atoms with Crippen LogP contribution in [0.3, 0.4) is 0 Å². The molecule has 1 fully saturated rings. The van der Waals surface area contributed by atoms with E-state index in [9.17, 15) is 14.0 Å². The zero-order valence-corrected chi connectivity index (χ0v) is 17.2. The number of nitrogens with zero attached hydrogens (tertiary/aromatic N) is 1. The van der Waals surface area contributed by atoms with Crippen LogP contribution in [0.4, 0.5) is 4.39 Å². The highest BCUT2D eigenvalue weighted by molar-refractivity contribution is 5.80. The van der Waals surface area contributed by atoms with Crippen molar-refractivity contribution in [2.24, 2.45) is 0 Å². The average Bonchev–Trinajstić information content (AvgIpc) is 3.12. The minimum atomic E-state index is -0.598. The predicted octanol–water partition coefficient (Wildman–Crippen LogP) is 2.95. The molecule has 0 aliphatic carbocycles. The number of benzene rings is 1. The molecule has 2 N–H and O–H groups in total.